The number of nitrogens with zero attached hydrogens (tertiary/aromatic N) is 2. The smallest absolute Gasteiger partial charge is 0.224 e. The third-order valence-electron chi connectivity index (χ3n) is 4.55. The molecule has 0 saturated carbocycles. The molecule has 2 aromatic rings. The van der Waals surface area contributed by atoms with Gasteiger partial charge in [-0.3, -0.25) is 9.59 Å². The standard InChI is InChI=1S/C18H23N3O2S/c1-12(18-20-15-7-3-4-8-16(15)24-18)10-19-17(23)14-6-5-9-21(11-14)13(2)22/h3-4,7-8,12,14H,5-6,9-11H2,1-2H3,(H,19,23)/t12-,14-/m1/s1. The molecule has 1 aromatic heterocycles. The van der Waals surface area contributed by atoms with E-state index in [1.165, 1.54) is 4.70 Å². The van der Waals surface area contributed by atoms with Gasteiger partial charge in [-0.2, -0.15) is 0 Å². The Labute approximate surface area is 146 Å². The molecule has 0 radical (unpaired) electrons. The van der Waals surface area contributed by atoms with Gasteiger partial charge in [0.1, 0.15) is 0 Å². The highest BCUT2D eigenvalue weighted by Crippen LogP contribution is 2.27. The number of para-hydroxylation sites is 1. The number of nitrogens with one attached hydrogen (secondary N) is 1. The van der Waals surface area contributed by atoms with Crippen molar-refractivity contribution in [1.82, 2.24) is 15.2 Å². The van der Waals surface area contributed by atoms with Gasteiger partial charge in [-0.1, -0.05) is 19.1 Å². The highest BCUT2D eigenvalue weighted by atomic mass is 32.1. The van der Waals surface area contributed by atoms with Gasteiger partial charge in [0.15, 0.2) is 0 Å². The van der Waals surface area contributed by atoms with Crippen molar-refractivity contribution in [2.45, 2.75) is 32.6 Å². The largest absolute Gasteiger partial charge is 0.355 e. The number of likely N-dealkylation sites (tertiary alicyclic amines) is 1. The molecule has 0 spiro atoms. The number of hydrogen-bond donors (Lipinski definition) is 1. The molecule has 1 N–H and O–H groups in total. The molecule has 128 valence electrons. The van der Waals surface area contributed by atoms with Gasteiger partial charge in [-0.05, 0) is 25.0 Å². The first kappa shape index (κ1) is 16.9. The number of rotatable bonds is 4. The Morgan fingerprint density at radius 1 is 1.42 bits per heavy atom. The summed E-state index contributed by atoms with van der Waals surface area (Å²) in [4.78, 5) is 30.3. The van der Waals surface area contributed by atoms with Crippen LogP contribution in [-0.2, 0) is 9.59 Å². The maximum absolute atomic E-state index is 12.4. The fourth-order valence-corrected chi connectivity index (χ4v) is 4.08. The molecule has 6 heteroatoms. The summed E-state index contributed by atoms with van der Waals surface area (Å²) in [6.07, 6.45) is 1.75. The predicted octanol–water partition coefficient (Wildman–Crippen LogP) is 2.77. The minimum Gasteiger partial charge on any atom is -0.355 e. The molecule has 3 rings (SSSR count). The van der Waals surface area contributed by atoms with Crippen LogP contribution in [-0.4, -0.2) is 41.3 Å². The molecular formula is C18H23N3O2S. The molecule has 2 atom stereocenters. The molecular weight excluding hydrogens is 322 g/mol. The minimum absolute atomic E-state index is 0.0499. The summed E-state index contributed by atoms with van der Waals surface area (Å²) < 4.78 is 1.18. The third-order valence-corrected chi connectivity index (χ3v) is 5.82. The van der Waals surface area contributed by atoms with Gasteiger partial charge in [-0.15, -0.1) is 11.3 Å². The fourth-order valence-electron chi connectivity index (χ4n) is 3.06. The summed E-state index contributed by atoms with van der Waals surface area (Å²) in [6.45, 7) is 5.53. The maximum atomic E-state index is 12.4. The molecule has 1 fully saturated rings. The van der Waals surface area contributed by atoms with E-state index in [2.05, 4.69) is 23.3 Å². The number of aromatic nitrogens is 1. The summed E-state index contributed by atoms with van der Waals surface area (Å²) in [5.74, 6) is 0.188. The zero-order valence-electron chi connectivity index (χ0n) is 14.1. The number of benzene rings is 1. The molecule has 1 aliphatic rings. The van der Waals surface area contributed by atoms with Crippen LogP contribution in [0.1, 0.15) is 37.6 Å². The number of carbonyl (C=O) groups excluding carboxylic acids is 2. The molecule has 0 aliphatic carbocycles. The van der Waals surface area contributed by atoms with Crippen LogP contribution in [0.25, 0.3) is 10.2 Å². The van der Waals surface area contributed by atoms with Gasteiger partial charge >= 0.3 is 0 Å². The zero-order valence-corrected chi connectivity index (χ0v) is 14.9. The monoisotopic (exact) mass is 345 g/mol. The van der Waals surface area contributed by atoms with Crippen molar-refractivity contribution >= 4 is 33.4 Å². The topological polar surface area (TPSA) is 62.3 Å². The van der Waals surface area contributed by atoms with Crippen LogP contribution >= 0.6 is 11.3 Å². The van der Waals surface area contributed by atoms with Crippen LogP contribution in [0.3, 0.4) is 0 Å². The first-order valence-corrected chi connectivity index (χ1v) is 9.25. The number of hydrogen-bond acceptors (Lipinski definition) is 4. The number of thiazole rings is 1. The van der Waals surface area contributed by atoms with E-state index >= 15 is 0 Å². The van der Waals surface area contributed by atoms with Crippen molar-refractivity contribution in [1.29, 1.82) is 0 Å². The minimum atomic E-state index is -0.0924. The molecule has 0 bridgehead atoms. The molecule has 1 saturated heterocycles. The van der Waals surface area contributed by atoms with Gasteiger partial charge in [0.25, 0.3) is 0 Å². The van der Waals surface area contributed by atoms with Crippen LogP contribution in [0.4, 0.5) is 0 Å². The number of piperidine rings is 1. The van der Waals surface area contributed by atoms with Gasteiger partial charge in [0, 0.05) is 32.5 Å². The van der Waals surface area contributed by atoms with E-state index in [0.29, 0.717) is 13.1 Å². The normalized spacial score (nSPS) is 19.2. The lowest BCUT2D eigenvalue weighted by Gasteiger charge is -2.31. The van der Waals surface area contributed by atoms with Gasteiger partial charge in [0.05, 0.1) is 21.1 Å². The average Bonchev–Trinajstić information content (AvgIpc) is 3.03. The Morgan fingerprint density at radius 2 is 2.21 bits per heavy atom. The number of carbonyl (C=O) groups is 2. The molecule has 1 aromatic carbocycles. The van der Waals surface area contributed by atoms with E-state index in [9.17, 15) is 9.59 Å². The first-order valence-electron chi connectivity index (χ1n) is 8.43. The number of amides is 2. The second-order valence-electron chi connectivity index (χ2n) is 6.47. The Hall–Kier alpha value is -1.95. The van der Waals surface area contributed by atoms with E-state index in [1.807, 2.05) is 18.2 Å². The van der Waals surface area contributed by atoms with Crippen LogP contribution in [0, 0.1) is 5.92 Å². The molecule has 0 unspecified atom stereocenters. The summed E-state index contributed by atoms with van der Waals surface area (Å²) in [5.41, 5.74) is 1.01. The van der Waals surface area contributed by atoms with Gasteiger partial charge in [0.2, 0.25) is 11.8 Å². The Morgan fingerprint density at radius 3 is 2.96 bits per heavy atom. The maximum Gasteiger partial charge on any atom is 0.224 e. The summed E-state index contributed by atoms with van der Waals surface area (Å²) in [6, 6.07) is 8.09. The van der Waals surface area contributed by atoms with Crippen molar-refractivity contribution in [3.63, 3.8) is 0 Å². The summed E-state index contributed by atoms with van der Waals surface area (Å²) in [7, 11) is 0. The van der Waals surface area contributed by atoms with Gasteiger partial charge < -0.3 is 10.2 Å². The predicted molar refractivity (Wildman–Crippen MR) is 96.0 cm³/mol. The molecule has 5 nitrogen and oxygen atoms in total. The Balaban J connectivity index is 1.56. The summed E-state index contributed by atoms with van der Waals surface area (Å²) >= 11 is 1.68. The van der Waals surface area contributed by atoms with Crippen LogP contribution < -0.4 is 5.32 Å². The lowest BCUT2D eigenvalue weighted by molar-refractivity contribution is -0.133. The quantitative estimate of drug-likeness (QED) is 0.927. The highest BCUT2D eigenvalue weighted by molar-refractivity contribution is 7.18. The average molecular weight is 345 g/mol. The van der Waals surface area contributed by atoms with E-state index in [0.717, 1.165) is 29.9 Å². The first-order chi connectivity index (χ1) is 11.5. The zero-order chi connectivity index (χ0) is 17.1. The van der Waals surface area contributed by atoms with Crippen LogP contribution in [0.5, 0.6) is 0 Å². The van der Waals surface area contributed by atoms with E-state index in [-0.39, 0.29) is 23.7 Å². The molecule has 2 heterocycles. The van der Waals surface area contributed by atoms with E-state index in [1.54, 1.807) is 23.2 Å². The fraction of sp³-hybridized carbons (Fsp3) is 0.500. The number of fused-ring (bicyclic) bond motifs is 1. The van der Waals surface area contributed by atoms with Crippen LogP contribution in [0.2, 0.25) is 0 Å². The van der Waals surface area contributed by atoms with Crippen molar-refractivity contribution in [2.75, 3.05) is 19.6 Å². The van der Waals surface area contributed by atoms with Crippen molar-refractivity contribution < 1.29 is 9.59 Å². The SMILES string of the molecule is CC(=O)N1CCC[C@@H](C(=O)NC[C@@H](C)c2nc3ccccc3s2)C1. The lowest BCUT2D eigenvalue weighted by Crippen LogP contribution is -2.45. The molecule has 2 amide bonds. The van der Waals surface area contributed by atoms with Crippen molar-refractivity contribution in [3.05, 3.63) is 29.3 Å². The lowest BCUT2D eigenvalue weighted by atomic mass is 9.97. The second kappa shape index (κ2) is 7.30. The second-order valence-corrected chi connectivity index (χ2v) is 7.53. The Bertz CT molecular complexity index is 710. The molecule has 24 heavy (non-hydrogen) atoms. The summed E-state index contributed by atoms with van der Waals surface area (Å²) in [5, 5.41) is 4.09. The third kappa shape index (κ3) is 3.75. The van der Waals surface area contributed by atoms with E-state index < -0.39 is 0 Å². The molecule has 1 aliphatic heterocycles. The Kier molecular flexibility index (Phi) is 5.14. The highest BCUT2D eigenvalue weighted by Gasteiger charge is 2.27. The van der Waals surface area contributed by atoms with Crippen LogP contribution in [0.15, 0.2) is 24.3 Å². The van der Waals surface area contributed by atoms with E-state index in [4.69, 9.17) is 0 Å². The van der Waals surface area contributed by atoms with Gasteiger partial charge in [-0.25, -0.2) is 4.98 Å². The van der Waals surface area contributed by atoms with Crippen molar-refractivity contribution in [3.8, 4) is 0 Å². The van der Waals surface area contributed by atoms with Crippen molar-refractivity contribution in [2.24, 2.45) is 5.92 Å².